The van der Waals surface area contributed by atoms with Crippen molar-refractivity contribution < 1.29 is 0 Å². The highest BCUT2D eigenvalue weighted by Crippen LogP contribution is 2.35. The van der Waals surface area contributed by atoms with E-state index in [4.69, 9.17) is 4.98 Å². The number of aromatic nitrogens is 2. The molecule has 3 rings (SSSR count). The summed E-state index contributed by atoms with van der Waals surface area (Å²) in [6.45, 7) is 4.46. The monoisotopic (exact) mass is 233 g/mol. The number of aryl methyl sites for hydroxylation is 1. The lowest BCUT2D eigenvalue weighted by Gasteiger charge is -2.20. The fraction of sp³-hybridized carbons (Fsp3) is 0.786. The number of H-pyrrole nitrogens is 1. The van der Waals surface area contributed by atoms with Gasteiger partial charge in [-0.1, -0.05) is 12.8 Å². The summed E-state index contributed by atoms with van der Waals surface area (Å²) in [5.74, 6) is 2.57. The van der Waals surface area contributed by atoms with Crippen molar-refractivity contribution in [1.82, 2.24) is 15.3 Å². The molecule has 1 aliphatic carbocycles. The maximum absolute atomic E-state index is 4.92. The Bertz CT molecular complexity index is 371. The minimum Gasteiger partial charge on any atom is -0.346 e. The summed E-state index contributed by atoms with van der Waals surface area (Å²) >= 11 is 0. The molecule has 3 heteroatoms. The molecule has 0 spiro atoms. The lowest BCUT2D eigenvalue weighted by Crippen LogP contribution is -2.28. The summed E-state index contributed by atoms with van der Waals surface area (Å²) in [5.41, 5.74) is 2.68. The largest absolute Gasteiger partial charge is 0.346 e. The summed E-state index contributed by atoms with van der Waals surface area (Å²) in [6.07, 6.45) is 8.02. The topological polar surface area (TPSA) is 40.7 Å². The van der Waals surface area contributed by atoms with E-state index in [2.05, 4.69) is 17.2 Å². The van der Waals surface area contributed by atoms with Crippen LogP contribution in [0.15, 0.2) is 0 Å². The molecule has 0 radical (unpaired) electrons. The molecule has 2 N–H and O–H groups in total. The van der Waals surface area contributed by atoms with Gasteiger partial charge in [-0.15, -0.1) is 0 Å². The van der Waals surface area contributed by atoms with Gasteiger partial charge in [0.05, 0.1) is 5.69 Å². The number of aromatic amines is 1. The molecule has 1 atom stereocenters. The average Bonchev–Trinajstić information content (AvgIpc) is 2.99. The van der Waals surface area contributed by atoms with E-state index in [1.165, 1.54) is 62.3 Å². The molecule has 17 heavy (non-hydrogen) atoms. The molecule has 1 aromatic heterocycles. The Labute approximate surface area is 103 Å². The van der Waals surface area contributed by atoms with Crippen LogP contribution in [0.5, 0.6) is 0 Å². The predicted molar refractivity (Wildman–Crippen MR) is 69.4 cm³/mol. The van der Waals surface area contributed by atoms with Gasteiger partial charge < -0.3 is 10.3 Å². The van der Waals surface area contributed by atoms with Gasteiger partial charge in [0.25, 0.3) is 0 Å². The van der Waals surface area contributed by atoms with Crippen LogP contribution in [-0.4, -0.2) is 23.1 Å². The lowest BCUT2D eigenvalue weighted by molar-refractivity contribution is 0.448. The van der Waals surface area contributed by atoms with Gasteiger partial charge in [-0.25, -0.2) is 4.98 Å². The first-order chi connectivity index (χ1) is 8.34. The van der Waals surface area contributed by atoms with Crippen LogP contribution in [0.4, 0.5) is 0 Å². The van der Waals surface area contributed by atoms with Crippen LogP contribution >= 0.6 is 0 Å². The molecule has 0 aromatic carbocycles. The van der Waals surface area contributed by atoms with Gasteiger partial charge in [-0.2, -0.15) is 0 Å². The number of nitrogens with one attached hydrogen (secondary N) is 2. The number of imidazole rings is 1. The van der Waals surface area contributed by atoms with Gasteiger partial charge >= 0.3 is 0 Å². The third-order valence-electron chi connectivity index (χ3n) is 4.37. The Balaban J connectivity index is 1.79. The number of hydrogen-bond donors (Lipinski definition) is 2. The van der Waals surface area contributed by atoms with E-state index in [1.54, 1.807) is 0 Å². The minimum absolute atomic E-state index is 0.609. The van der Waals surface area contributed by atoms with Gasteiger partial charge in [0.2, 0.25) is 0 Å². The van der Waals surface area contributed by atoms with E-state index in [0.29, 0.717) is 5.92 Å². The third-order valence-corrected chi connectivity index (χ3v) is 4.37. The van der Waals surface area contributed by atoms with Gasteiger partial charge in [0.15, 0.2) is 0 Å². The van der Waals surface area contributed by atoms with E-state index < -0.39 is 0 Å². The molecule has 0 amide bonds. The molecule has 0 bridgehead atoms. The van der Waals surface area contributed by atoms with Crippen molar-refractivity contribution in [2.24, 2.45) is 0 Å². The van der Waals surface area contributed by atoms with Gasteiger partial charge in [-0.05, 0) is 39.2 Å². The Morgan fingerprint density at radius 2 is 1.82 bits per heavy atom. The number of hydrogen-bond acceptors (Lipinski definition) is 2. The van der Waals surface area contributed by atoms with E-state index in [0.717, 1.165) is 12.5 Å². The second kappa shape index (κ2) is 4.81. The molecule has 1 aliphatic heterocycles. The van der Waals surface area contributed by atoms with E-state index in [9.17, 15) is 0 Å². The van der Waals surface area contributed by atoms with Crippen LogP contribution in [0.1, 0.15) is 67.6 Å². The van der Waals surface area contributed by atoms with Crippen molar-refractivity contribution in [3.05, 3.63) is 17.2 Å². The van der Waals surface area contributed by atoms with Crippen molar-refractivity contribution in [3.63, 3.8) is 0 Å². The van der Waals surface area contributed by atoms with E-state index in [1.807, 2.05) is 0 Å². The van der Waals surface area contributed by atoms with Crippen LogP contribution in [0.3, 0.4) is 0 Å². The van der Waals surface area contributed by atoms with Crippen molar-refractivity contribution in [2.45, 2.75) is 57.3 Å². The summed E-state index contributed by atoms with van der Waals surface area (Å²) < 4.78 is 0. The van der Waals surface area contributed by atoms with Crippen molar-refractivity contribution in [2.75, 3.05) is 13.1 Å². The lowest BCUT2D eigenvalue weighted by atomic mass is 9.99. The molecule has 2 aliphatic rings. The zero-order chi connectivity index (χ0) is 11.7. The van der Waals surface area contributed by atoms with Gasteiger partial charge in [-0.3, -0.25) is 0 Å². The summed E-state index contributed by atoms with van der Waals surface area (Å²) in [4.78, 5) is 8.46. The minimum atomic E-state index is 0.609. The van der Waals surface area contributed by atoms with Crippen LogP contribution < -0.4 is 5.32 Å². The molecule has 1 unspecified atom stereocenters. The SMILES string of the molecule is Cc1[nH]c(C2CCCNC2)nc1C1CCCC1. The Morgan fingerprint density at radius 1 is 1.06 bits per heavy atom. The predicted octanol–water partition coefficient (Wildman–Crippen LogP) is 2.84. The molecule has 2 heterocycles. The first kappa shape index (κ1) is 11.3. The zero-order valence-corrected chi connectivity index (χ0v) is 10.8. The first-order valence-corrected chi connectivity index (χ1v) is 7.11. The first-order valence-electron chi connectivity index (χ1n) is 7.11. The summed E-state index contributed by atoms with van der Waals surface area (Å²) in [6, 6.07) is 0. The summed E-state index contributed by atoms with van der Waals surface area (Å²) in [7, 11) is 0. The van der Waals surface area contributed by atoms with Crippen LogP contribution in [0.25, 0.3) is 0 Å². The smallest absolute Gasteiger partial charge is 0.110 e. The van der Waals surface area contributed by atoms with Gasteiger partial charge in [0.1, 0.15) is 5.82 Å². The number of rotatable bonds is 2. The average molecular weight is 233 g/mol. The maximum atomic E-state index is 4.92. The molecule has 2 fully saturated rings. The van der Waals surface area contributed by atoms with Crippen LogP contribution in [-0.2, 0) is 0 Å². The fourth-order valence-corrected chi connectivity index (χ4v) is 3.37. The Morgan fingerprint density at radius 3 is 2.53 bits per heavy atom. The normalized spacial score (nSPS) is 26.5. The van der Waals surface area contributed by atoms with Crippen LogP contribution in [0.2, 0.25) is 0 Å². The molecule has 1 aromatic rings. The highest BCUT2D eigenvalue weighted by Gasteiger charge is 2.25. The third kappa shape index (κ3) is 2.25. The van der Waals surface area contributed by atoms with Crippen molar-refractivity contribution >= 4 is 0 Å². The standard InChI is InChI=1S/C14H23N3/c1-10-13(11-5-2-3-6-11)17-14(16-10)12-7-4-8-15-9-12/h11-12,15H,2-9H2,1H3,(H,16,17). The zero-order valence-electron chi connectivity index (χ0n) is 10.8. The van der Waals surface area contributed by atoms with Crippen molar-refractivity contribution in [1.29, 1.82) is 0 Å². The van der Waals surface area contributed by atoms with E-state index >= 15 is 0 Å². The fourth-order valence-electron chi connectivity index (χ4n) is 3.37. The highest BCUT2D eigenvalue weighted by molar-refractivity contribution is 5.20. The van der Waals surface area contributed by atoms with Crippen molar-refractivity contribution in [3.8, 4) is 0 Å². The molecule has 3 nitrogen and oxygen atoms in total. The van der Waals surface area contributed by atoms with Crippen LogP contribution in [0, 0.1) is 6.92 Å². The Hall–Kier alpha value is -0.830. The molecule has 1 saturated carbocycles. The molecular formula is C14H23N3. The second-order valence-corrected chi connectivity index (χ2v) is 5.66. The van der Waals surface area contributed by atoms with Gasteiger partial charge in [0, 0.05) is 24.1 Å². The Kier molecular flexibility index (Phi) is 3.19. The molecular weight excluding hydrogens is 210 g/mol. The molecule has 1 saturated heterocycles. The van der Waals surface area contributed by atoms with E-state index in [-0.39, 0.29) is 0 Å². The maximum Gasteiger partial charge on any atom is 0.110 e. The molecule has 94 valence electrons. The summed E-state index contributed by atoms with van der Waals surface area (Å²) in [5, 5.41) is 3.47. The number of nitrogens with zero attached hydrogens (tertiary/aromatic N) is 1. The quantitative estimate of drug-likeness (QED) is 0.824. The number of piperidine rings is 1. The highest BCUT2D eigenvalue weighted by atomic mass is 15.0. The second-order valence-electron chi connectivity index (χ2n) is 5.66.